The molecule has 0 aromatic heterocycles. The maximum atomic E-state index is 13.5. The molecule has 0 unspecified atom stereocenters. The molecular weight excluding hydrogens is 454 g/mol. The topological polar surface area (TPSA) is 55.4 Å². The molecule has 5 heteroatoms. The number of Topliss-reactive ketones (excluding diaryl/α,β-unsaturated/α-hetero) is 1. The molecule has 2 aliphatic rings. The number of halogens is 1. The number of dihydropyridines is 1. The minimum absolute atomic E-state index is 0.0786. The number of hydrogen-bond donors (Lipinski definition) is 1. The van der Waals surface area contributed by atoms with Gasteiger partial charge in [0.15, 0.2) is 5.78 Å². The summed E-state index contributed by atoms with van der Waals surface area (Å²) in [7, 11) is 0. The molecule has 1 aliphatic heterocycles. The van der Waals surface area contributed by atoms with E-state index in [9.17, 15) is 9.59 Å². The van der Waals surface area contributed by atoms with E-state index in [4.69, 9.17) is 4.74 Å². The lowest BCUT2D eigenvalue weighted by atomic mass is 9.72. The number of ketones is 1. The summed E-state index contributed by atoms with van der Waals surface area (Å²) in [6.07, 6.45) is 0.927. The zero-order valence-corrected chi connectivity index (χ0v) is 19.5. The van der Waals surface area contributed by atoms with Crippen molar-refractivity contribution in [3.8, 4) is 0 Å². The van der Waals surface area contributed by atoms with Gasteiger partial charge in [-0.15, -0.1) is 0 Å². The highest BCUT2D eigenvalue weighted by atomic mass is 79.9. The molecule has 0 spiro atoms. The van der Waals surface area contributed by atoms with Crippen LogP contribution in [0.5, 0.6) is 0 Å². The van der Waals surface area contributed by atoms with Crippen molar-refractivity contribution in [3.05, 3.63) is 92.7 Å². The van der Waals surface area contributed by atoms with E-state index in [-0.39, 0.29) is 23.8 Å². The summed E-state index contributed by atoms with van der Waals surface area (Å²) in [5.74, 6) is -0.617. The largest absolute Gasteiger partial charge is 0.460 e. The number of esters is 1. The Morgan fingerprint density at radius 2 is 1.77 bits per heavy atom. The van der Waals surface area contributed by atoms with Gasteiger partial charge in [-0.05, 0) is 56.4 Å². The zero-order valence-electron chi connectivity index (χ0n) is 17.9. The van der Waals surface area contributed by atoms with Crippen molar-refractivity contribution in [2.24, 2.45) is 0 Å². The van der Waals surface area contributed by atoms with Crippen LogP contribution in [-0.2, 0) is 14.3 Å². The van der Waals surface area contributed by atoms with E-state index in [2.05, 4.69) is 33.4 Å². The molecule has 2 aromatic rings. The number of carbonyl (C=O) groups is 2. The molecule has 1 aliphatic carbocycles. The molecule has 0 amide bonds. The summed E-state index contributed by atoms with van der Waals surface area (Å²) in [6, 6.07) is 18.0. The first-order valence-electron chi connectivity index (χ1n) is 10.6. The molecule has 0 saturated carbocycles. The van der Waals surface area contributed by atoms with Gasteiger partial charge < -0.3 is 10.1 Å². The minimum Gasteiger partial charge on any atom is -0.460 e. The van der Waals surface area contributed by atoms with Crippen molar-refractivity contribution in [1.82, 2.24) is 5.32 Å². The molecule has 0 bridgehead atoms. The van der Waals surface area contributed by atoms with Crippen LogP contribution in [0.4, 0.5) is 0 Å². The second-order valence-electron chi connectivity index (χ2n) is 8.44. The van der Waals surface area contributed by atoms with E-state index < -0.39 is 5.92 Å². The van der Waals surface area contributed by atoms with E-state index in [1.807, 2.05) is 63.2 Å². The number of nitrogens with one attached hydrogen (secondary N) is 1. The normalized spacial score (nSPS) is 21.1. The lowest BCUT2D eigenvalue weighted by molar-refractivity contribution is -0.143. The Labute approximate surface area is 191 Å². The Morgan fingerprint density at radius 3 is 2.45 bits per heavy atom. The van der Waals surface area contributed by atoms with Gasteiger partial charge in [0.05, 0.1) is 11.7 Å². The van der Waals surface area contributed by atoms with Gasteiger partial charge in [-0.1, -0.05) is 58.4 Å². The average Bonchev–Trinajstić information content (AvgIpc) is 2.72. The van der Waals surface area contributed by atoms with Crippen molar-refractivity contribution >= 4 is 27.7 Å². The molecule has 2 atom stereocenters. The minimum atomic E-state index is -0.441. The molecule has 4 rings (SSSR count). The Morgan fingerprint density at radius 1 is 1.06 bits per heavy atom. The molecule has 1 N–H and O–H groups in total. The molecule has 0 fully saturated rings. The second-order valence-corrected chi connectivity index (χ2v) is 9.35. The molecule has 0 saturated heterocycles. The second kappa shape index (κ2) is 8.83. The standard InChI is InChI=1S/C26H26BrNO3/c1-15(2)31-26(30)23-16(3)28-21-13-19(17-8-5-4-6-9-17)14-22(29)25(21)24(23)18-10-7-11-20(27)12-18/h4-12,15,19,24,28H,13-14H2,1-3H3/t19-,24-/m1/s1. The Kier molecular flexibility index (Phi) is 6.15. The van der Waals surface area contributed by atoms with Crippen LogP contribution < -0.4 is 5.32 Å². The highest BCUT2D eigenvalue weighted by Crippen LogP contribution is 2.46. The van der Waals surface area contributed by atoms with E-state index in [0.29, 0.717) is 17.6 Å². The van der Waals surface area contributed by atoms with E-state index in [0.717, 1.165) is 33.4 Å². The highest BCUT2D eigenvalue weighted by molar-refractivity contribution is 9.10. The molecule has 31 heavy (non-hydrogen) atoms. The number of benzene rings is 2. The van der Waals surface area contributed by atoms with Crippen LogP contribution in [0.3, 0.4) is 0 Å². The predicted molar refractivity (Wildman–Crippen MR) is 124 cm³/mol. The lowest BCUT2D eigenvalue weighted by Gasteiger charge is -2.37. The van der Waals surface area contributed by atoms with Gasteiger partial charge in [0.1, 0.15) is 0 Å². The Bertz CT molecular complexity index is 1080. The van der Waals surface area contributed by atoms with Gasteiger partial charge in [0.2, 0.25) is 0 Å². The number of carbonyl (C=O) groups excluding carboxylic acids is 2. The van der Waals surface area contributed by atoms with Crippen molar-refractivity contribution in [2.45, 2.75) is 51.6 Å². The van der Waals surface area contributed by atoms with Crippen molar-refractivity contribution in [3.63, 3.8) is 0 Å². The third-order valence-electron chi connectivity index (χ3n) is 5.84. The number of rotatable bonds is 4. The molecule has 0 radical (unpaired) electrons. The van der Waals surface area contributed by atoms with Gasteiger partial charge >= 0.3 is 5.97 Å². The third-order valence-corrected chi connectivity index (χ3v) is 6.34. The van der Waals surface area contributed by atoms with Crippen molar-refractivity contribution in [2.75, 3.05) is 0 Å². The molecular formula is C26H26BrNO3. The van der Waals surface area contributed by atoms with Gasteiger partial charge in [-0.2, -0.15) is 0 Å². The fourth-order valence-corrected chi connectivity index (χ4v) is 4.98. The molecule has 4 nitrogen and oxygen atoms in total. The number of allylic oxidation sites excluding steroid dienone is 3. The first-order valence-corrected chi connectivity index (χ1v) is 11.4. The van der Waals surface area contributed by atoms with Gasteiger partial charge in [-0.3, -0.25) is 4.79 Å². The van der Waals surface area contributed by atoms with Crippen LogP contribution >= 0.6 is 15.9 Å². The lowest BCUT2D eigenvalue weighted by Crippen LogP contribution is -2.36. The van der Waals surface area contributed by atoms with Gasteiger partial charge in [-0.25, -0.2) is 4.79 Å². The fourth-order valence-electron chi connectivity index (χ4n) is 4.57. The van der Waals surface area contributed by atoms with Crippen molar-refractivity contribution < 1.29 is 14.3 Å². The zero-order chi connectivity index (χ0) is 22.1. The van der Waals surface area contributed by atoms with Crippen LogP contribution in [0.2, 0.25) is 0 Å². The third kappa shape index (κ3) is 4.38. The van der Waals surface area contributed by atoms with E-state index in [1.54, 1.807) is 0 Å². The van der Waals surface area contributed by atoms with E-state index in [1.165, 1.54) is 0 Å². The van der Waals surface area contributed by atoms with Crippen LogP contribution in [0.15, 0.2) is 81.6 Å². The number of ether oxygens (including phenoxy) is 1. The van der Waals surface area contributed by atoms with Crippen LogP contribution in [0.25, 0.3) is 0 Å². The maximum Gasteiger partial charge on any atom is 0.337 e. The first kappa shape index (κ1) is 21.6. The van der Waals surface area contributed by atoms with Crippen LogP contribution in [-0.4, -0.2) is 17.9 Å². The summed E-state index contributed by atoms with van der Waals surface area (Å²) < 4.78 is 6.47. The smallest absolute Gasteiger partial charge is 0.337 e. The summed E-state index contributed by atoms with van der Waals surface area (Å²) in [5, 5.41) is 3.39. The summed E-state index contributed by atoms with van der Waals surface area (Å²) in [6.45, 7) is 5.56. The number of hydrogen-bond acceptors (Lipinski definition) is 4. The summed E-state index contributed by atoms with van der Waals surface area (Å²) >= 11 is 3.54. The average molecular weight is 480 g/mol. The van der Waals surface area contributed by atoms with Crippen LogP contribution in [0, 0.1) is 0 Å². The monoisotopic (exact) mass is 479 g/mol. The highest BCUT2D eigenvalue weighted by Gasteiger charge is 2.41. The Balaban J connectivity index is 1.81. The summed E-state index contributed by atoms with van der Waals surface area (Å²) in [5.41, 5.74) is 4.92. The SMILES string of the molecule is CC1=C(C(=O)OC(C)C)[C@@H](c2cccc(Br)c2)C2=C(C[C@@H](c3ccccc3)CC2=O)N1. The summed E-state index contributed by atoms with van der Waals surface area (Å²) in [4.78, 5) is 26.6. The molecule has 1 heterocycles. The first-order chi connectivity index (χ1) is 14.8. The van der Waals surface area contributed by atoms with E-state index >= 15 is 0 Å². The van der Waals surface area contributed by atoms with Gasteiger partial charge in [0.25, 0.3) is 0 Å². The Hall–Kier alpha value is -2.66. The predicted octanol–water partition coefficient (Wildman–Crippen LogP) is 5.76. The van der Waals surface area contributed by atoms with Crippen molar-refractivity contribution in [1.29, 1.82) is 0 Å². The molecule has 2 aromatic carbocycles. The molecule has 160 valence electrons. The van der Waals surface area contributed by atoms with Crippen LogP contribution in [0.1, 0.15) is 56.6 Å². The van der Waals surface area contributed by atoms with Gasteiger partial charge in [0, 0.05) is 33.8 Å². The quantitative estimate of drug-likeness (QED) is 0.566. The maximum absolute atomic E-state index is 13.5. The fraction of sp³-hybridized carbons (Fsp3) is 0.308.